The monoisotopic (exact) mass is 2440 g/mol. The van der Waals surface area contributed by atoms with Crippen LogP contribution in [0.2, 0.25) is 58.9 Å². The largest absolute Gasteiger partial charge is 0.486 e. The van der Waals surface area contributed by atoms with Crippen molar-refractivity contribution in [2.24, 2.45) is 17.3 Å². The Balaban J connectivity index is 0.000000165. The predicted octanol–water partition coefficient (Wildman–Crippen LogP) is 31.0. The Labute approximate surface area is 891 Å². The fraction of sp³-hybridized carbons (Fsp3) is 0.331. The van der Waals surface area contributed by atoms with Gasteiger partial charge in [0.2, 0.25) is 17.1 Å². The molecule has 3 radical (unpaired) electrons. The molecule has 0 N–H and O–H groups in total. The van der Waals surface area contributed by atoms with Crippen molar-refractivity contribution in [1.82, 2.24) is 44.9 Å². The van der Waals surface area contributed by atoms with Crippen molar-refractivity contribution in [1.29, 1.82) is 0 Å². The van der Waals surface area contributed by atoms with E-state index in [1.807, 2.05) is 200 Å². The van der Waals surface area contributed by atoms with Crippen molar-refractivity contribution in [2.75, 3.05) is 0 Å². The number of aromatic nitrogens is 9. The Hall–Kier alpha value is -10.3. The Morgan fingerprint density at radius 1 is 0.345 bits per heavy atom. The molecule has 12 heterocycles. The van der Waals surface area contributed by atoms with Crippen LogP contribution < -0.4 is 15.6 Å². The van der Waals surface area contributed by atoms with E-state index in [-0.39, 0.29) is 94.4 Å². The first-order valence-electron chi connectivity index (χ1n) is 55.0. The quantitative estimate of drug-likeness (QED) is 0.0593. The molecule has 20 rings (SSSR count). The van der Waals surface area contributed by atoms with Crippen molar-refractivity contribution in [3.8, 4) is 67.5 Å². The molecule has 6 aromatic carbocycles. The first-order valence-corrected chi connectivity index (χ1v) is 57.5. The van der Waals surface area contributed by atoms with E-state index in [1.54, 1.807) is 71.5 Å². The summed E-state index contributed by atoms with van der Waals surface area (Å²) in [6, 6.07) is 76.1. The molecule has 0 atom stereocenters. The van der Waals surface area contributed by atoms with Crippen molar-refractivity contribution < 1.29 is 95.5 Å². The van der Waals surface area contributed by atoms with Crippen LogP contribution in [-0.2, 0) is 79.4 Å². The first kappa shape index (κ1) is 86.5. The predicted molar refractivity (Wildman–Crippen MR) is 576 cm³/mol. The second-order valence-corrected chi connectivity index (χ2v) is 55.2. The summed E-state index contributed by atoms with van der Waals surface area (Å²) < 4.78 is 152. The Bertz CT molecular complexity index is 7690. The van der Waals surface area contributed by atoms with E-state index in [4.69, 9.17) is 35.2 Å². The molecule has 0 amide bonds. The summed E-state index contributed by atoms with van der Waals surface area (Å²) in [5.74, 6) is -3.02. The van der Waals surface area contributed by atoms with Gasteiger partial charge >= 0.3 is 0 Å². The molecule has 0 saturated heterocycles. The van der Waals surface area contributed by atoms with Crippen LogP contribution in [0.3, 0.4) is 0 Å². The molecule has 139 heavy (non-hydrogen) atoms. The summed E-state index contributed by atoms with van der Waals surface area (Å²) in [6.45, 7) is 36.2. The van der Waals surface area contributed by atoms with Gasteiger partial charge in [0.25, 0.3) is 0 Å². The molecule has 12 aromatic heterocycles. The van der Waals surface area contributed by atoms with E-state index < -0.39 is 86.0 Å². The molecule has 0 aliphatic heterocycles. The molecule has 2 aliphatic rings. The normalized spacial score (nSPS) is 15.5. The molecule has 2 fully saturated rings. The van der Waals surface area contributed by atoms with Gasteiger partial charge in [0.1, 0.15) is 0 Å². The molecular formula is C121H133Ir3N9O3Si3-6. The van der Waals surface area contributed by atoms with Crippen LogP contribution in [0.1, 0.15) is 223 Å². The van der Waals surface area contributed by atoms with E-state index in [2.05, 4.69) is 158 Å². The van der Waals surface area contributed by atoms with Crippen molar-refractivity contribution in [3.63, 3.8) is 0 Å². The Morgan fingerprint density at radius 3 is 1.01 bits per heavy atom. The van der Waals surface area contributed by atoms with E-state index in [1.165, 1.54) is 40.1 Å². The van der Waals surface area contributed by atoms with Crippen LogP contribution in [0.5, 0.6) is 0 Å². The van der Waals surface area contributed by atoms with E-state index in [0.29, 0.717) is 78.8 Å². The Kier molecular flexibility index (Phi) is 29.6. The van der Waals surface area contributed by atoms with Gasteiger partial charge in [0, 0.05) is 154 Å². The fourth-order valence-electron chi connectivity index (χ4n) is 17.3. The van der Waals surface area contributed by atoms with Gasteiger partial charge in [0.15, 0.2) is 0 Å². The number of pyridine rings is 9. The zero-order valence-electron chi connectivity index (χ0n) is 99.1. The third kappa shape index (κ3) is 26.5. The van der Waals surface area contributed by atoms with Crippen LogP contribution in [-0.4, -0.2) is 69.1 Å². The SMILES string of the molecule is [2H]C(C)(C)c1cc(-c2[c-]cccc2)ncc1[Si](C)(C)C.[2H]C(C)(C)c1cc(-c2[c-]cccc2)ncc1[Si](C)(C)C.[2H]C(C)(C)c1cc(-c2[c-]cccc2)ncc1[Si](C)(C)C.[2H]C(C)(C)c1cnc(-c2[c-]ccc3c2oc2ncccc23)cc1C([2H])([2H])C1CCCC1.[2H]C([2H])([2H])c1cc(-c2[c-]ccc3c2oc2ncccc23)ncc1C([2H])([2H])C1CCCC1.[2H]C([2H])([2H])c1cnc(-c2[c-]ccc3c2oc2ncccc23)cc1C([2H])([2H])C(C)(C)C.[Ir].[Ir].[Ir]. The van der Waals surface area contributed by atoms with Crippen LogP contribution in [0.15, 0.2) is 251 Å². The zero-order chi connectivity index (χ0) is 110. The summed E-state index contributed by atoms with van der Waals surface area (Å²) in [5, 5.41) is 9.09. The van der Waals surface area contributed by atoms with Gasteiger partial charge in [0.05, 0.1) is 41.0 Å². The van der Waals surface area contributed by atoms with Crippen molar-refractivity contribution >= 4 is 106 Å². The third-order valence-corrected chi connectivity index (χ3v) is 30.3. The maximum atomic E-state index is 9.01. The molecule has 0 unspecified atom stereocenters. The van der Waals surface area contributed by atoms with Gasteiger partial charge in [-0.05, 0) is 182 Å². The van der Waals surface area contributed by atoms with Crippen LogP contribution in [0.4, 0.5) is 0 Å². The van der Waals surface area contributed by atoms with E-state index in [0.717, 1.165) is 134 Å². The number of nitrogens with zero attached hydrogens (tertiary/aromatic N) is 9. The number of hydrogen-bond acceptors (Lipinski definition) is 12. The number of hydrogen-bond donors (Lipinski definition) is 0. The van der Waals surface area contributed by atoms with E-state index in [9.17, 15) is 0 Å². The summed E-state index contributed by atoms with van der Waals surface area (Å²) in [5.41, 5.74) is 15.9. The minimum Gasteiger partial charge on any atom is -0.486 e. The molecule has 18 aromatic rings. The van der Waals surface area contributed by atoms with Gasteiger partial charge in [-0.3, -0.25) is 0 Å². The van der Waals surface area contributed by atoms with Gasteiger partial charge in [-0.15, -0.1) is 162 Å². The number of fused-ring (bicyclic) bond motifs is 9. The average molecular weight is 2440 g/mol. The number of furan rings is 3. The summed E-state index contributed by atoms with van der Waals surface area (Å²) >= 11 is 0. The zero-order valence-corrected chi connectivity index (χ0v) is 93.3. The molecule has 0 bridgehead atoms. The van der Waals surface area contributed by atoms with Gasteiger partial charge in [-0.25, -0.2) is 15.0 Å². The molecular weight excluding hydrogens is 2290 g/mol. The summed E-state index contributed by atoms with van der Waals surface area (Å²) in [4.78, 5) is 40.1. The fourth-order valence-corrected chi connectivity index (χ4v) is 22.0. The third-order valence-electron chi connectivity index (χ3n) is 24.3. The Morgan fingerprint density at radius 2 is 0.676 bits per heavy atom. The van der Waals surface area contributed by atoms with Crippen LogP contribution in [0.25, 0.3) is 134 Å². The second kappa shape index (κ2) is 47.5. The number of aryl methyl sites for hydroxylation is 2. The van der Waals surface area contributed by atoms with Gasteiger partial charge in [-0.2, -0.15) is 0 Å². The maximum absolute atomic E-state index is 9.01. The van der Waals surface area contributed by atoms with Crippen molar-refractivity contribution in [2.45, 2.75) is 243 Å². The van der Waals surface area contributed by atoms with Gasteiger partial charge in [-0.1, -0.05) is 284 Å². The molecule has 18 heteroatoms. The minimum absolute atomic E-state index is 0. The maximum Gasteiger partial charge on any atom is 0.216 e. The molecule has 2 aliphatic carbocycles. The molecule has 2 saturated carbocycles. The first-order chi connectivity index (χ1) is 71.0. The smallest absolute Gasteiger partial charge is 0.216 e. The average Bonchev–Trinajstić information content (AvgIpc) is 1.70. The topological polar surface area (TPSA) is 155 Å². The summed E-state index contributed by atoms with van der Waals surface area (Å²) in [6.07, 6.45) is 17.4. The minimum atomic E-state index is -2.49. The number of benzene rings is 6. The standard InChI is InChI=1S/C25H25N2O.C23H21N2O.C22H21N2O.3C17H22NSi.3Ir/c1-16(2)22-15-27-23(14-18(22)13-17-7-3-4-8-17)21-10-5-9-19-20-11-6-12-26-25(20)28-24(19)21;1-15-12-21(25-14-17(15)13-16-6-2-3-7-16)20-9-4-8-18-19-10-5-11-24-23(19)26-22(18)20;1-14-13-24-19(11-15(14)12-22(2,3)4)18-8-5-7-16-17-9-6-10-23-21(17)25-20(16)18;3*1-13(2)15-11-16(14-9-7-6-8-10-14)18-12-17(15)19(3,4)5;;;/h5-6,9,11-12,14-17H,3-4,7-8,13H2,1-2H3;4-5,8,10-12,14,16H,2-3,6-7,13H2,1H3;5-7,9-11,13H,12H2,1-4H3;3*6-9,11-13H,1-5H3;;;/q6*-1;;;/i13D2,16D;1D3,13D2;1D3,12D2;3*13D;;;. The molecule has 0 spiro atoms. The van der Waals surface area contributed by atoms with Crippen LogP contribution >= 0.6 is 0 Å². The second-order valence-electron chi connectivity index (χ2n) is 40.1. The van der Waals surface area contributed by atoms with Crippen LogP contribution in [0, 0.1) is 67.4 Å². The van der Waals surface area contributed by atoms with E-state index >= 15 is 0 Å². The number of rotatable bonds is 18. The van der Waals surface area contributed by atoms with Crippen molar-refractivity contribution in [3.05, 3.63) is 324 Å². The summed E-state index contributed by atoms with van der Waals surface area (Å²) in [7, 11) is -4.51. The molecule has 12 nitrogen and oxygen atoms in total. The van der Waals surface area contributed by atoms with Gasteiger partial charge < -0.3 is 43.2 Å². The molecule has 725 valence electrons.